The zero-order valence-corrected chi connectivity index (χ0v) is 17.8. The summed E-state index contributed by atoms with van der Waals surface area (Å²) in [4.78, 5) is 14.3. The summed E-state index contributed by atoms with van der Waals surface area (Å²) in [6, 6.07) is 10.4. The highest BCUT2D eigenvalue weighted by Crippen LogP contribution is 2.29. The number of anilines is 2. The molecular weight excluding hydrogens is 393 g/mol. The third kappa shape index (κ3) is 5.65. The Balaban J connectivity index is 2.32. The van der Waals surface area contributed by atoms with Gasteiger partial charge in [-0.25, -0.2) is 12.8 Å². The Kier molecular flexibility index (Phi) is 7.53. The molecule has 0 saturated heterocycles. The molecule has 0 unspecified atom stereocenters. The van der Waals surface area contributed by atoms with Crippen LogP contribution in [0.2, 0.25) is 0 Å². The fraction of sp³-hybridized carbons (Fsp3) is 0.286. The van der Waals surface area contributed by atoms with Crippen LogP contribution in [0.1, 0.15) is 19.4 Å². The van der Waals surface area contributed by atoms with E-state index in [0.717, 1.165) is 0 Å². The SMILES string of the molecule is CCN(CC)S(=O)(=O)c1ccc(N(C)C)c(NC(=O)/C=C/c2ccc(F)cc2)c1. The molecule has 0 heterocycles. The van der Waals surface area contributed by atoms with Crippen LogP contribution in [-0.2, 0) is 14.8 Å². The molecule has 29 heavy (non-hydrogen) atoms. The molecule has 0 aliphatic rings. The smallest absolute Gasteiger partial charge is 0.248 e. The van der Waals surface area contributed by atoms with Gasteiger partial charge in [-0.3, -0.25) is 4.79 Å². The predicted molar refractivity (Wildman–Crippen MR) is 115 cm³/mol. The highest BCUT2D eigenvalue weighted by molar-refractivity contribution is 7.89. The molecule has 0 aliphatic carbocycles. The minimum atomic E-state index is -3.65. The van der Waals surface area contributed by atoms with Gasteiger partial charge in [0.05, 0.1) is 16.3 Å². The third-order valence-corrected chi connectivity index (χ3v) is 6.39. The van der Waals surface area contributed by atoms with Crippen LogP contribution in [0.15, 0.2) is 53.4 Å². The molecule has 0 spiro atoms. The number of nitrogens with one attached hydrogen (secondary N) is 1. The van der Waals surface area contributed by atoms with Crippen molar-refractivity contribution in [1.82, 2.24) is 4.31 Å². The molecule has 156 valence electrons. The maximum atomic E-state index is 13.0. The minimum absolute atomic E-state index is 0.115. The fourth-order valence-electron chi connectivity index (χ4n) is 2.80. The van der Waals surface area contributed by atoms with E-state index in [1.54, 1.807) is 57.1 Å². The molecule has 1 N–H and O–H groups in total. The lowest BCUT2D eigenvalue weighted by Gasteiger charge is -2.22. The quantitative estimate of drug-likeness (QED) is 0.664. The number of benzene rings is 2. The van der Waals surface area contributed by atoms with Gasteiger partial charge in [0.25, 0.3) is 0 Å². The van der Waals surface area contributed by atoms with E-state index in [1.807, 2.05) is 0 Å². The summed E-state index contributed by atoms with van der Waals surface area (Å²) in [7, 11) is -0.0444. The Labute approximate surface area is 171 Å². The van der Waals surface area contributed by atoms with Crippen LogP contribution in [-0.4, -0.2) is 45.8 Å². The van der Waals surface area contributed by atoms with Gasteiger partial charge in [0, 0.05) is 33.3 Å². The third-order valence-electron chi connectivity index (χ3n) is 4.35. The molecule has 1 amide bonds. The lowest BCUT2D eigenvalue weighted by Crippen LogP contribution is -2.30. The standard InChI is InChI=1S/C21H26FN3O3S/c1-5-25(6-2)29(27,28)18-12-13-20(24(3)4)19(15-18)23-21(26)14-9-16-7-10-17(22)11-8-16/h7-15H,5-6H2,1-4H3,(H,23,26)/b14-9+. The van der Waals surface area contributed by atoms with Gasteiger partial charge < -0.3 is 10.2 Å². The second-order valence-electron chi connectivity index (χ2n) is 6.54. The van der Waals surface area contributed by atoms with Gasteiger partial charge in [-0.05, 0) is 42.0 Å². The molecule has 0 aliphatic heterocycles. The summed E-state index contributed by atoms with van der Waals surface area (Å²) in [6.45, 7) is 4.27. The molecule has 0 saturated carbocycles. The molecular formula is C21H26FN3O3S. The van der Waals surface area contributed by atoms with E-state index in [1.165, 1.54) is 34.6 Å². The molecule has 2 aromatic carbocycles. The van der Waals surface area contributed by atoms with Crippen LogP contribution in [0.3, 0.4) is 0 Å². The van der Waals surface area contributed by atoms with Crippen molar-refractivity contribution >= 4 is 33.4 Å². The topological polar surface area (TPSA) is 69.7 Å². The predicted octanol–water partition coefficient (Wildman–Crippen LogP) is 3.57. The minimum Gasteiger partial charge on any atom is -0.376 e. The van der Waals surface area contributed by atoms with Gasteiger partial charge in [0.1, 0.15) is 5.82 Å². The monoisotopic (exact) mass is 419 g/mol. The Hall–Kier alpha value is -2.71. The van der Waals surface area contributed by atoms with Crippen molar-refractivity contribution < 1.29 is 17.6 Å². The number of halogens is 1. The van der Waals surface area contributed by atoms with Crippen LogP contribution < -0.4 is 10.2 Å². The number of rotatable bonds is 8. The van der Waals surface area contributed by atoms with E-state index in [9.17, 15) is 17.6 Å². The first-order chi connectivity index (χ1) is 13.7. The largest absolute Gasteiger partial charge is 0.376 e. The lowest BCUT2D eigenvalue weighted by molar-refractivity contribution is -0.111. The normalized spacial score (nSPS) is 11.8. The summed E-state index contributed by atoms with van der Waals surface area (Å²) in [6.07, 6.45) is 2.87. The summed E-state index contributed by atoms with van der Waals surface area (Å²) in [5.74, 6) is -0.775. The van der Waals surface area contributed by atoms with Crippen molar-refractivity contribution in [3.8, 4) is 0 Å². The number of hydrogen-bond acceptors (Lipinski definition) is 4. The van der Waals surface area contributed by atoms with E-state index >= 15 is 0 Å². The summed E-state index contributed by atoms with van der Waals surface area (Å²) >= 11 is 0. The van der Waals surface area contributed by atoms with Gasteiger partial charge in [-0.1, -0.05) is 26.0 Å². The van der Waals surface area contributed by atoms with Crippen LogP contribution in [0.5, 0.6) is 0 Å². The Bertz CT molecular complexity index is 983. The molecule has 2 aromatic rings. The Morgan fingerprint density at radius 3 is 2.24 bits per heavy atom. The molecule has 0 atom stereocenters. The molecule has 6 nitrogen and oxygen atoms in total. The first kappa shape index (κ1) is 22.6. The van der Waals surface area contributed by atoms with Crippen molar-refractivity contribution in [3.05, 3.63) is 59.9 Å². The Morgan fingerprint density at radius 2 is 1.69 bits per heavy atom. The summed E-state index contributed by atoms with van der Waals surface area (Å²) in [5.41, 5.74) is 1.73. The van der Waals surface area contributed by atoms with Crippen LogP contribution in [0, 0.1) is 5.82 Å². The number of carbonyl (C=O) groups excluding carboxylic acids is 1. The average molecular weight is 420 g/mol. The molecule has 2 rings (SSSR count). The van der Waals surface area contributed by atoms with Crippen LogP contribution >= 0.6 is 0 Å². The number of nitrogens with zero attached hydrogens (tertiary/aromatic N) is 2. The highest BCUT2D eigenvalue weighted by atomic mass is 32.2. The van der Waals surface area contributed by atoms with E-state index < -0.39 is 15.9 Å². The Morgan fingerprint density at radius 1 is 1.07 bits per heavy atom. The second kappa shape index (κ2) is 9.67. The number of carbonyl (C=O) groups is 1. The van der Waals surface area contributed by atoms with Crippen LogP contribution in [0.4, 0.5) is 15.8 Å². The zero-order valence-electron chi connectivity index (χ0n) is 17.0. The van der Waals surface area contributed by atoms with Gasteiger partial charge in [-0.2, -0.15) is 4.31 Å². The lowest BCUT2D eigenvalue weighted by atomic mass is 10.2. The molecule has 0 fully saturated rings. The van der Waals surface area contributed by atoms with Crippen LogP contribution in [0.25, 0.3) is 6.08 Å². The van der Waals surface area contributed by atoms with Gasteiger partial charge in [0.15, 0.2) is 0 Å². The maximum absolute atomic E-state index is 13.0. The van der Waals surface area contributed by atoms with Crippen molar-refractivity contribution in [2.75, 3.05) is 37.4 Å². The summed E-state index contributed by atoms with van der Waals surface area (Å²) in [5, 5.41) is 2.74. The first-order valence-corrected chi connectivity index (χ1v) is 10.7. The highest BCUT2D eigenvalue weighted by Gasteiger charge is 2.23. The first-order valence-electron chi connectivity index (χ1n) is 9.25. The van der Waals surface area contributed by atoms with Crippen molar-refractivity contribution in [2.24, 2.45) is 0 Å². The summed E-state index contributed by atoms with van der Waals surface area (Å²) < 4.78 is 39.9. The number of sulfonamides is 1. The van der Waals surface area contributed by atoms with Crippen molar-refractivity contribution in [3.63, 3.8) is 0 Å². The van der Waals surface area contributed by atoms with Crippen molar-refractivity contribution in [1.29, 1.82) is 0 Å². The van der Waals surface area contributed by atoms with E-state index in [0.29, 0.717) is 30.0 Å². The molecule has 0 radical (unpaired) electrons. The number of amides is 1. The van der Waals surface area contributed by atoms with Crippen molar-refractivity contribution in [2.45, 2.75) is 18.7 Å². The molecule has 0 aromatic heterocycles. The van der Waals surface area contributed by atoms with Gasteiger partial charge >= 0.3 is 0 Å². The van der Waals surface area contributed by atoms with E-state index in [-0.39, 0.29) is 10.7 Å². The fourth-order valence-corrected chi connectivity index (χ4v) is 4.28. The average Bonchev–Trinajstić information content (AvgIpc) is 2.68. The number of hydrogen-bond donors (Lipinski definition) is 1. The maximum Gasteiger partial charge on any atom is 0.248 e. The molecule has 8 heteroatoms. The van der Waals surface area contributed by atoms with Gasteiger partial charge in [0.2, 0.25) is 15.9 Å². The molecule has 0 bridgehead atoms. The second-order valence-corrected chi connectivity index (χ2v) is 8.47. The zero-order chi connectivity index (χ0) is 21.6. The van der Waals surface area contributed by atoms with E-state index in [2.05, 4.69) is 5.32 Å². The van der Waals surface area contributed by atoms with Gasteiger partial charge in [-0.15, -0.1) is 0 Å². The van der Waals surface area contributed by atoms with E-state index in [4.69, 9.17) is 0 Å².